The van der Waals surface area contributed by atoms with E-state index in [0.29, 0.717) is 52.4 Å². The summed E-state index contributed by atoms with van der Waals surface area (Å²) in [5.74, 6) is -1.38. The molecular formula is C29H41N9O6S3. The Morgan fingerprint density at radius 1 is 1.21 bits per heavy atom. The molecule has 3 N–H and O–H groups in total. The van der Waals surface area contributed by atoms with Gasteiger partial charge in [0.25, 0.3) is 5.91 Å². The van der Waals surface area contributed by atoms with Crippen molar-refractivity contribution in [3.63, 3.8) is 0 Å². The first kappa shape index (κ1) is 35.1. The predicted molar refractivity (Wildman–Crippen MR) is 177 cm³/mol. The quantitative estimate of drug-likeness (QED) is 0.118. The smallest absolute Gasteiger partial charge is 0.358 e. The monoisotopic (exact) mass is 707 g/mol. The zero-order valence-electron chi connectivity index (χ0n) is 26.8. The second-order valence-corrected chi connectivity index (χ2v) is 14.9. The van der Waals surface area contributed by atoms with Crippen molar-refractivity contribution in [1.29, 1.82) is 0 Å². The highest BCUT2D eigenvalue weighted by atomic mass is 32.2. The fraction of sp³-hybridized carbons (Fsp3) is 0.655. The van der Waals surface area contributed by atoms with E-state index >= 15 is 0 Å². The van der Waals surface area contributed by atoms with Gasteiger partial charge in [-0.3, -0.25) is 19.3 Å². The summed E-state index contributed by atoms with van der Waals surface area (Å²) in [6.07, 6.45) is 4.40. The van der Waals surface area contributed by atoms with Gasteiger partial charge in [0.05, 0.1) is 24.6 Å². The van der Waals surface area contributed by atoms with E-state index in [0.717, 1.165) is 38.6 Å². The summed E-state index contributed by atoms with van der Waals surface area (Å²) in [5, 5.41) is 17.0. The molecule has 1 aliphatic carbocycles. The Morgan fingerprint density at radius 3 is 2.70 bits per heavy atom. The summed E-state index contributed by atoms with van der Waals surface area (Å²) in [7, 11) is 3.92. The SMILES string of the molecule is CCCC(OC(=O)C1=C(CSc2nnnn2CCN(C)C)CS[C@@H]2[C@H](NC(=O)Cc3csc(N)n3)C(=O)N12)OC(=O)C1CCCCC1. The first-order chi connectivity index (χ1) is 22.6. The molecule has 47 heavy (non-hydrogen) atoms. The summed E-state index contributed by atoms with van der Waals surface area (Å²) in [4.78, 5) is 60.8. The number of likely N-dealkylation sites (N-methyl/N-ethyl adjacent to an activating group) is 1. The van der Waals surface area contributed by atoms with Gasteiger partial charge in [-0.15, -0.1) is 28.2 Å². The third kappa shape index (κ3) is 8.83. The first-order valence-electron chi connectivity index (χ1n) is 15.8. The van der Waals surface area contributed by atoms with Crippen LogP contribution in [-0.2, 0) is 41.6 Å². The summed E-state index contributed by atoms with van der Waals surface area (Å²) < 4.78 is 13.3. The van der Waals surface area contributed by atoms with Crippen molar-refractivity contribution in [3.8, 4) is 0 Å². The van der Waals surface area contributed by atoms with E-state index in [1.807, 2.05) is 25.9 Å². The maximum absolute atomic E-state index is 13.9. The van der Waals surface area contributed by atoms with Gasteiger partial charge in [0.2, 0.25) is 17.4 Å². The van der Waals surface area contributed by atoms with Gasteiger partial charge >= 0.3 is 11.9 Å². The Kier molecular flexibility index (Phi) is 12.1. The Labute approximate surface area is 285 Å². The van der Waals surface area contributed by atoms with Crippen LogP contribution in [-0.4, -0.2) is 109 Å². The second-order valence-electron chi connectivity index (χ2n) is 11.9. The normalized spacial score (nSPS) is 20.5. The molecule has 2 amide bonds. The van der Waals surface area contributed by atoms with Crippen molar-refractivity contribution in [2.45, 2.75) is 87.7 Å². The van der Waals surface area contributed by atoms with Gasteiger partial charge in [0, 0.05) is 29.9 Å². The molecule has 256 valence electrons. The van der Waals surface area contributed by atoms with Crippen LogP contribution in [0.1, 0.15) is 57.6 Å². The molecule has 18 heteroatoms. The number of aromatic nitrogens is 5. The molecule has 2 aliphatic heterocycles. The molecule has 3 aliphatic rings. The minimum absolute atomic E-state index is 0.0188. The number of thiazole rings is 1. The lowest BCUT2D eigenvalue weighted by molar-refractivity contribution is -0.192. The van der Waals surface area contributed by atoms with Crippen molar-refractivity contribution in [2.24, 2.45) is 5.92 Å². The lowest BCUT2D eigenvalue weighted by Crippen LogP contribution is -2.70. The molecule has 15 nitrogen and oxygen atoms in total. The molecule has 2 aromatic rings. The molecule has 0 radical (unpaired) electrons. The van der Waals surface area contributed by atoms with E-state index in [2.05, 4.69) is 25.8 Å². The fourth-order valence-electron chi connectivity index (χ4n) is 5.58. The van der Waals surface area contributed by atoms with E-state index in [1.54, 1.807) is 10.1 Å². The van der Waals surface area contributed by atoms with Crippen molar-refractivity contribution < 1.29 is 28.7 Å². The number of carbonyl (C=O) groups is 4. The molecule has 2 fully saturated rings. The zero-order chi connectivity index (χ0) is 33.5. The Morgan fingerprint density at radius 2 is 2.00 bits per heavy atom. The Bertz CT molecular complexity index is 1470. The Hall–Kier alpha value is -3.22. The van der Waals surface area contributed by atoms with Crippen molar-refractivity contribution in [2.75, 3.05) is 37.9 Å². The largest absolute Gasteiger partial charge is 0.425 e. The van der Waals surface area contributed by atoms with Crippen LogP contribution in [0.3, 0.4) is 0 Å². The van der Waals surface area contributed by atoms with Gasteiger partial charge < -0.3 is 25.4 Å². The van der Waals surface area contributed by atoms with Gasteiger partial charge in [-0.25, -0.2) is 14.5 Å². The van der Waals surface area contributed by atoms with E-state index in [9.17, 15) is 19.2 Å². The molecule has 0 bridgehead atoms. The third-order valence-corrected chi connectivity index (χ3v) is 11.2. The standard InChI is InChI=1S/C29H41N9O6S3/c1-4-8-21(43-26(41)17-9-6-5-7-10-17)44-27(42)23-18(15-47-29-33-34-35-37(29)12-11-36(2)3)14-45-25-22(24(40)38(23)25)32-20(39)13-19-16-46-28(30)31-19/h16-17,21-22,25H,4-15H2,1-3H3,(H2,30,31)(H,32,39)/t21?,22-,25-/m1/s1. The first-order valence-corrected chi connectivity index (χ1v) is 18.7. The van der Waals surface area contributed by atoms with Crippen LogP contribution >= 0.6 is 34.9 Å². The van der Waals surface area contributed by atoms with Gasteiger partial charge in [-0.05, 0) is 49.4 Å². The molecule has 1 saturated heterocycles. The highest BCUT2D eigenvalue weighted by molar-refractivity contribution is 8.01. The summed E-state index contributed by atoms with van der Waals surface area (Å²) >= 11 is 4.04. The fourth-order valence-corrected chi connectivity index (χ4v) is 8.53. The topological polar surface area (TPSA) is 188 Å². The van der Waals surface area contributed by atoms with Crippen LogP contribution in [0, 0.1) is 5.92 Å². The number of carbonyl (C=O) groups excluding carboxylic acids is 4. The maximum atomic E-state index is 13.9. The highest BCUT2D eigenvalue weighted by Crippen LogP contribution is 2.42. The molecule has 1 unspecified atom stereocenters. The number of nitrogens with zero attached hydrogens (tertiary/aromatic N) is 7. The van der Waals surface area contributed by atoms with Crippen LogP contribution in [0.15, 0.2) is 21.8 Å². The average Bonchev–Trinajstić information content (AvgIpc) is 3.69. The number of amides is 2. The molecule has 2 aromatic heterocycles. The number of fused-ring (bicyclic) bond motifs is 1. The second kappa shape index (κ2) is 16.3. The zero-order valence-corrected chi connectivity index (χ0v) is 29.2. The van der Waals surface area contributed by atoms with Gasteiger partial charge in [0.15, 0.2) is 5.13 Å². The van der Waals surface area contributed by atoms with Crippen LogP contribution in [0.4, 0.5) is 5.13 Å². The molecule has 0 spiro atoms. The number of esters is 2. The number of tetrazole rings is 1. The van der Waals surface area contributed by atoms with Crippen LogP contribution in [0.25, 0.3) is 0 Å². The molecule has 4 heterocycles. The predicted octanol–water partition coefficient (Wildman–Crippen LogP) is 2.06. The van der Waals surface area contributed by atoms with E-state index < -0.39 is 29.6 Å². The van der Waals surface area contributed by atoms with Crippen molar-refractivity contribution in [3.05, 3.63) is 22.3 Å². The minimum atomic E-state index is -1.08. The number of nitrogens with one attached hydrogen (secondary N) is 1. The number of hydrogen-bond acceptors (Lipinski definition) is 15. The number of ether oxygens (including phenoxy) is 2. The number of nitrogen functional groups attached to an aromatic ring is 1. The summed E-state index contributed by atoms with van der Waals surface area (Å²) in [5.41, 5.74) is 6.97. The molecular weight excluding hydrogens is 667 g/mol. The van der Waals surface area contributed by atoms with Crippen molar-refractivity contribution in [1.82, 2.24) is 40.3 Å². The van der Waals surface area contributed by atoms with Crippen LogP contribution in [0.5, 0.6) is 0 Å². The van der Waals surface area contributed by atoms with Gasteiger partial charge in [-0.2, -0.15) is 0 Å². The lowest BCUT2D eigenvalue weighted by Gasteiger charge is -2.49. The molecule has 1 saturated carbocycles. The van der Waals surface area contributed by atoms with Crippen LogP contribution in [0.2, 0.25) is 0 Å². The average molecular weight is 708 g/mol. The minimum Gasteiger partial charge on any atom is -0.425 e. The number of nitrogens with two attached hydrogens (primary N) is 1. The van der Waals surface area contributed by atoms with Gasteiger partial charge in [-0.1, -0.05) is 37.9 Å². The van der Waals surface area contributed by atoms with E-state index in [4.69, 9.17) is 15.2 Å². The third-order valence-electron chi connectivity index (χ3n) is 8.05. The number of β-lactam (4-membered cyclic amide) rings is 1. The summed E-state index contributed by atoms with van der Waals surface area (Å²) in [6.45, 7) is 3.23. The lowest BCUT2D eigenvalue weighted by atomic mass is 9.89. The van der Waals surface area contributed by atoms with Crippen LogP contribution < -0.4 is 11.1 Å². The molecule has 5 rings (SSSR count). The molecule has 3 atom stereocenters. The van der Waals surface area contributed by atoms with Gasteiger partial charge in [0.1, 0.15) is 17.1 Å². The number of anilines is 1. The number of thioether (sulfide) groups is 2. The van der Waals surface area contributed by atoms with E-state index in [-0.39, 0.29) is 29.9 Å². The summed E-state index contributed by atoms with van der Waals surface area (Å²) in [6, 6.07) is -0.825. The number of hydrogen-bond donors (Lipinski definition) is 2. The maximum Gasteiger partial charge on any atom is 0.358 e. The Balaban J connectivity index is 1.33. The highest BCUT2D eigenvalue weighted by Gasteiger charge is 2.54. The number of rotatable bonds is 15. The van der Waals surface area contributed by atoms with E-state index in [1.165, 1.54) is 39.8 Å². The van der Waals surface area contributed by atoms with Crippen molar-refractivity contribution >= 4 is 63.7 Å². The molecule has 0 aromatic carbocycles.